The van der Waals surface area contributed by atoms with E-state index >= 15 is 0 Å². The van der Waals surface area contributed by atoms with Gasteiger partial charge in [0.05, 0.1) is 0 Å². The molecule has 1 saturated heterocycles. The molecule has 2 aliphatic carbocycles. The minimum atomic E-state index is 0.315. The van der Waals surface area contributed by atoms with Crippen molar-refractivity contribution in [2.24, 2.45) is 11.7 Å². The topological polar surface area (TPSA) is 32.5 Å². The third-order valence-corrected chi connectivity index (χ3v) is 4.95. The van der Waals surface area contributed by atoms with Gasteiger partial charge >= 0.3 is 0 Å². The first-order valence-electron chi connectivity index (χ1n) is 7.71. The molecular weight excluding hydrogens is 222 g/mol. The first-order chi connectivity index (χ1) is 8.81. The molecule has 2 N–H and O–H groups in total. The summed E-state index contributed by atoms with van der Waals surface area (Å²) in [4.78, 5) is 5.37. The van der Waals surface area contributed by atoms with Gasteiger partial charge in [0.1, 0.15) is 0 Å². The van der Waals surface area contributed by atoms with Crippen LogP contribution in [0, 0.1) is 5.92 Å². The Balaban J connectivity index is 1.41. The number of hydrogen-bond acceptors (Lipinski definition) is 3. The van der Waals surface area contributed by atoms with E-state index in [0.29, 0.717) is 12.0 Å². The summed E-state index contributed by atoms with van der Waals surface area (Å²) >= 11 is 0. The molecule has 1 heterocycles. The van der Waals surface area contributed by atoms with Crippen molar-refractivity contribution < 1.29 is 0 Å². The third kappa shape index (κ3) is 2.95. The quantitative estimate of drug-likeness (QED) is 0.769. The summed E-state index contributed by atoms with van der Waals surface area (Å²) in [5.41, 5.74) is 5.92. The molecule has 0 aromatic rings. The third-order valence-electron chi connectivity index (χ3n) is 4.95. The van der Waals surface area contributed by atoms with Crippen LogP contribution in [0.1, 0.15) is 32.1 Å². The lowest BCUT2D eigenvalue weighted by atomic mass is 10.1. The minimum absolute atomic E-state index is 0.315. The van der Waals surface area contributed by atoms with E-state index in [9.17, 15) is 0 Å². The average molecular weight is 249 g/mol. The van der Waals surface area contributed by atoms with Gasteiger partial charge in [-0.25, -0.2) is 0 Å². The van der Waals surface area contributed by atoms with Crippen LogP contribution in [0.4, 0.5) is 0 Å². The van der Waals surface area contributed by atoms with Crippen molar-refractivity contribution in [1.82, 2.24) is 9.80 Å². The van der Waals surface area contributed by atoms with Crippen molar-refractivity contribution >= 4 is 0 Å². The number of nitrogens with two attached hydrogens (primary N) is 1. The highest BCUT2D eigenvalue weighted by molar-refractivity contribution is 5.05. The monoisotopic (exact) mass is 249 g/mol. The number of hydrogen-bond donors (Lipinski definition) is 1. The zero-order valence-corrected chi connectivity index (χ0v) is 11.4. The van der Waals surface area contributed by atoms with Crippen LogP contribution in [-0.4, -0.2) is 54.6 Å². The maximum Gasteiger partial charge on any atom is 0.0229 e. The lowest BCUT2D eigenvalue weighted by molar-refractivity contribution is 0.0913. The fourth-order valence-corrected chi connectivity index (χ4v) is 3.85. The standard InChI is InChI=1S/C15H27N3/c16-14-6-5-13(11-14)12-17-7-9-18(10-8-17)15-3-1-2-4-15/h5-6,13-15H,1-4,7-12,16H2. The van der Waals surface area contributed by atoms with Crippen LogP contribution in [0.15, 0.2) is 12.2 Å². The Hall–Kier alpha value is -0.380. The molecule has 0 aromatic heterocycles. The van der Waals surface area contributed by atoms with Gasteiger partial charge in [-0.15, -0.1) is 0 Å². The fourth-order valence-electron chi connectivity index (χ4n) is 3.85. The maximum absolute atomic E-state index is 5.92. The van der Waals surface area contributed by atoms with Crippen molar-refractivity contribution in [3.05, 3.63) is 12.2 Å². The Bertz CT molecular complexity index is 288. The Labute approximate surface area is 111 Å². The predicted octanol–water partition coefficient (Wildman–Crippen LogP) is 1.45. The molecule has 102 valence electrons. The summed E-state index contributed by atoms with van der Waals surface area (Å²) in [6.07, 6.45) is 11.5. The SMILES string of the molecule is NC1C=CC(CN2CCN(C3CCCC3)CC2)C1. The molecule has 3 aliphatic rings. The molecule has 1 aliphatic heterocycles. The van der Waals surface area contributed by atoms with Gasteiger partial charge in [0, 0.05) is 44.8 Å². The predicted molar refractivity (Wildman–Crippen MR) is 75.5 cm³/mol. The highest BCUT2D eigenvalue weighted by atomic mass is 15.3. The van der Waals surface area contributed by atoms with Crippen LogP contribution in [-0.2, 0) is 0 Å². The average Bonchev–Trinajstić information content (AvgIpc) is 3.02. The Kier molecular flexibility index (Phi) is 4.02. The highest BCUT2D eigenvalue weighted by Crippen LogP contribution is 2.25. The first kappa shape index (κ1) is 12.6. The van der Waals surface area contributed by atoms with Crippen LogP contribution in [0.5, 0.6) is 0 Å². The number of nitrogens with zero attached hydrogens (tertiary/aromatic N) is 2. The molecule has 0 amide bonds. The molecule has 1 saturated carbocycles. The van der Waals surface area contributed by atoms with E-state index in [1.54, 1.807) is 0 Å². The number of rotatable bonds is 3. The zero-order valence-electron chi connectivity index (χ0n) is 11.4. The van der Waals surface area contributed by atoms with E-state index in [2.05, 4.69) is 22.0 Å². The van der Waals surface area contributed by atoms with Crippen molar-refractivity contribution in [3.8, 4) is 0 Å². The lowest BCUT2D eigenvalue weighted by Gasteiger charge is -2.38. The largest absolute Gasteiger partial charge is 0.324 e. The van der Waals surface area contributed by atoms with Crippen molar-refractivity contribution in [3.63, 3.8) is 0 Å². The molecule has 18 heavy (non-hydrogen) atoms. The van der Waals surface area contributed by atoms with E-state index in [-0.39, 0.29) is 0 Å². The lowest BCUT2D eigenvalue weighted by Crippen LogP contribution is -2.50. The molecule has 0 bridgehead atoms. The minimum Gasteiger partial charge on any atom is -0.324 e. The molecule has 0 radical (unpaired) electrons. The van der Waals surface area contributed by atoms with Gasteiger partial charge in [-0.2, -0.15) is 0 Å². The van der Waals surface area contributed by atoms with E-state index in [0.717, 1.165) is 12.5 Å². The first-order valence-corrected chi connectivity index (χ1v) is 7.71. The Morgan fingerprint density at radius 2 is 1.72 bits per heavy atom. The van der Waals surface area contributed by atoms with Crippen molar-refractivity contribution in [1.29, 1.82) is 0 Å². The van der Waals surface area contributed by atoms with Crippen LogP contribution < -0.4 is 5.73 Å². The molecule has 0 aromatic carbocycles. The molecule has 2 fully saturated rings. The summed E-state index contributed by atoms with van der Waals surface area (Å²) in [6, 6.07) is 1.22. The summed E-state index contributed by atoms with van der Waals surface area (Å²) in [5, 5.41) is 0. The van der Waals surface area contributed by atoms with Gasteiger partial charge in [0.2, 0.25) is 0 Å². The van der Waals surface area contributed by atoms with Gasteiger partial charge in [0.15, 0.2) is 0 Å². The van der Waals surface area contributed by atoms with Gasteiger partial charge in [0.25, 0.3) is 0 Å². The highest BCUT2D eigenvalue weighted by Gasteiger charge is 2.27. The molecule has 2 atom stereocenters. The Morgan fingerprint density at radius 3 is 2.33 bits per heavy atom. The molecule has 3 heteroatoms. The van der Waals surface area contributed by atoms with E-state index in [1.165, 1.54) is 58.4 Å². The summed E-state index contributed by atoms with van der Waals surface area (Å²) in [7, 11) is 0. The molecular formula is C15H27N3. The number of piperazine rings is 1. The van der Waals surface area contributed by atoms with Gasteiger partial charge < -0.3 is 10.6 Å². The van der Waals surface area contributed by atoms with Crippen molar-refractivity contribution in [2.75, 3.05) is 32.7 Å². The summed E-state index contributed by atoms with van der Waals surface area (Å²) < 4.78 is 0. The van der Waals surface area contributed by atoms with E-state index in [1.807, 2.05) is 0 Å². The van der Waals surface area contributed by atoms with E-state index in [4.69, 9.17) is 5.73 Å². The van der Waals surface area contributed by atoms with Crippen LogP contribution in [0.2, 0.25) is 0 Å². The summed E-state index contributed by atoms with van der Waals surface area (Å²) in [5.74, 6) is 0.707. The smallest absolute Gasteiger partial charge is 0.0229 e. The maximum atomic E-state index is 5.92. The van der Waals surface area contributed by atoms with Gasteiger partial charge in [-0.3, -0.25) is 4.90 Å². The normalized spacial score (nSPS) is 35.6. The second-order valence-corrected chi connectivity index (χ2v) is 6.32. The molecule has 3 nitrogen and oxygen atoms in total. The van der Waals surface area contributed by atoms with Crippen LogP contribution >= 0.6 is 0 Å². The molecule has 0 spiro atoms. The second kappa shape index (κ2) is 5.72. The molecule has 2 unspecified atom stereocenters. The van der Waals surface area contributed by atoms with Gasteiger partial charge in [-0.05, 0) is 25.2 Å². The second-order valence-electron chi connectivity index (χ2n) is 6.32. The van der Waals surface area contributed by atoms with Crippen LogP contribution in [0.25, 0.3) is 0 Å². The molecule has 3 rings (SSSR count). The van der Waals surface area contributed by atoms with Crippen LogP contribution in [0.3, 0.4) is 0 Å². The summed E-state index contributed by atoms with van der Waals surface area (Å²) in [6.45, 7) is 6.31. The van der Waals surface area contributed by atoms with E-state index < -0.39 is 0 Å². The van der Waals surface area contributed by atoms with Crippen molar-refractivity contribution in [2.45, 2.75) is 44.2 Å². The zero-order chi connectivity index (χ0) is 12.4. The fraction of sp³-hybridized carbons (Fsp3) is 0.867. The Morgan fingerprint density at radius 1 is 1.00 bits per heavy atom. The van der Waals surface area contributed by atoms with Gasteiger partial charge in [-0.1, -0.05) is 25.0 Å².